The summed E-state index contributed by atoms with van der Waals surface area (Å²) >= 11 is 6.23. The Bertz CT molecular complexity index is 1430. The minimum absolute atomic E-state index is 0.297. The van der Waals surface area contributed by atoms with Crippen LogP contribution in [0, 0.1) is 0 Å². The molecule has 3 aromatic carbocycles. The molecular formula is C26H23ClN6O3. The van der Waals surface area contributed by atoms with Gasteiger partial charge < -0.3 is 20.1 Å². The average molecular weight is 503 g/mol. The van der Waals surface area contributed by atoms with Crippen molar-refractivity contribution in [1.29, 1.82) is 0 Å². The molecule has 5 rings (SSSR count). The van der Waals surface area contributed by atoms with Crippen LogP contribution >= 0.6 is 11.6 Å². The van der Waals surface area contributed by atoms with Crippen molar-refractivity contribution in [1.82, 2.24) is 20.2 Å². The van der Waals surface area contributed by atoms with Gasteiger partial charge in [-0.25, -0.2) is 0 Å². The maximum absolute atomic E-state index is 13.5. The number of anilines is 2. The maximum Gasteiger partial charge on any atom is 0.255 e. The summed E-state index contributed by atoms with van der Waals surface area (Å²) in [5, 5.41) is 18.7. The van der Waals surface area contributed by atoms with E-state index in [9.17, 15) is 4.79 Å². The number of amides is 1. The van der Waals surface area contributed by atoms with Crippen LogP contribution in [-0.2, 0) is 11.4 Å². The van der Waals surface area contributed by atoms with Gasteiger partial charge in [0, 0.05) is 16.3 Å². The second kappa shape index (κ2) is 10.1. The molecule has 10 heteroatoms. The molecular weight excluding hydrogens is 480 g/mol. The van der Waals surface area contributed by atoms with E-state index in [0.717, 1.165) is 11.1 Å². The third kappa shape index (κ3) is 4.60. The van der Waals surface area contributed by atoms with E-state index in [0.29, 0.717) is 46.0 Å². The number of fused-ring (bicyclic) bond motifs is 1. The van der Waals surface area contributed by atoms with E-state index in [4.69, 9.17) is 21.1 Å². The molecule has 0 radical (unpaired) electrons. The lowest BCUT2D eigenvalue weighted by Crippen LogP contribution is -2.31. The first kappa shape index (κ1) is 23.4. The number of rotatable bonds is 7. The predicted octanol–water partition coefficient (Wildman–Crippen LogP) is 4.84. The first-order valence-electron chi connectivity index (χ1n) is 11.2. The van der Waals surface area contributed by atoms with Gasteiger partial charge in [-0.3, -0.25) is 4.79 Å². The zero-order valence-electron chi connectivity index (χ0n) is 19.6. The van der Waals surface area contributed by atoms with Crippen molar-refractivity contribution in [3.05, 3.63) is 100 Å². The molecule has 0 spiro atoms. The van der Waals surface area contributed by atoms with Gasteiger partial charge in [-0.15, -0.1) is 0 Å². The van der Waals surface area contributed by atoms with Gasteiger partial charge in [-0.1, -0.05) is 59.2 Å². The Morgan fingerprint density at radius 2 is 1.83 bits per heavy atom. The van der Waals surface area contributed by atoms with Crippen LogP contribution in [0.4, 0.5) is 11.6 Å². The van der Waals surface area contributed by atoms with Crippen LogP contribution in [0.2, 0.25) is 5.02 Å². The van der Waals surface area contributed by atoms with Crippen molar-refractivity contribution >= 4 is 29.1 Å². The minimum atomic E-state index is -0.552. The van der Waals surface area contributed by atoms with Crippen molar-refractivity contribution in [2.45, 2.75) is 19.6 Å². The number of ether oxygens (including phenoxy) is 2. The number of para-hydroxylation sites is 2. The van der Waals surface area contributed by atoms with Gasteiger partial charge in [0.05, 0.1) is 18.4 Å². The van der Waals surface area contributed by atoms with E-state index < -0.39 is 6.04 Å². The molecule has 1 aliphatic heterocycles. The highest BCUT2D eigenvalue weighted by atomic mass is 35.5. The first-order valence-corrected chi connectivity index (χ1v) is 11.6. The van der Waals surface area contributed by atoms with Gasteiger partial charge in [0.15, 0.2) is 0 Å². The number of allylic oxidation sites excluding steroid dienone is 1. The monoisotopic (exact) mass is 502 g/mol. The maximum atomic E-state index is 13.5. The van der Waals surface area contributed by atoms with Gasteiger partial charge >= 0.3 is 0 Å². The molecule has 1 aromatic heterocycles. The number of methoxy groups -OCH3 is 1. The normalized spacial score (nSPS) is 14.6. The zero-order valence-corrected chi connectivity index (χ0v) is 20.4. The lowest BCUT2D eigenvalue weighted by Gasteiger charge is -2.28. The summed E-state index contributed by atoms with van der Waals surface area (Å²) < 4.78 is 12.9. The predicted molar refractivity (Wildman–Crippen MR) is 136 cm³/mol. The molecule has 0 saturated heterocycles. The number of halogens is 1. The minimum Gasteiger partial charge on any atom is -0.495 e. The second-order valence-electron chi connectivity index (χ2n) is 8.12. The van der Waals surface area contributed by atoms with E-state index >= 15 is 0 Å². The van der Waals surface area contributed by atoms with Crippen LogP contribution in [0.15, 0.2) is 84.1 Å². The first-order chi connectivity index (χ1) is 17.5. The van der Waals surface area contributed by atoms with Crippen LogP contribution in [0.1, 0.15) is 24.1 Å². The Balaban J connectivity index is 1.42. The Labute approximate surface area is 212 Å². The van der Waals surface area contributed by atoms with Crippen molar-refractivity contribution < 1.29 is 14.3 Å². The molecule has 0 unspecified atom stereocenters. The molecule has 0 fully saturated rings. The third-order valence-electron chi connectivity index (χ3n) is 5.86. The summed E-state index contributed by atoms with van der Waals surface area (Å²) in [5.74, 6) is 1.39. The molecule has 0 aliphatic carbocycles. The number of carbonyl (C=O) groups excluding carboxylic acids is 1. The molecule has 2 heterocycles. The molecule has 36 heavy (non-hydrogen) atoms. The van der Waals surface area contributed by atoms with Crippen LogP contribution in [0.25, 0.3) is 0 Å². The summed E-state index contributed by atoms with van der Waals surface area (Å²) in [5.41, 5.74) is 3.41. The van der Waals surface area contributed by atoms with Crippen LogP contribution in [0.3, 0.4) is 0 Å². The summed E-state index contributed by atoms with van der Waals surface area (Å²) in [7, 11) is 1.56. The Hall–Kier alpha value is -4.37. The molecule has 0 saturated carbocycles. The van der Waals surface area contributed by atoms with Gasteiger partial charge in [-0.05, 0) is 53.2 Å². The molecule has 1 atom stereocenters. The van der Waals surface area contributed by atoms with Crippen molar-refractivity contribution in [3.63, 3.8) is 0 Å². The van der Waals surface area contributed by atoms with Gasteiger partial charge in [0.2, 0.25) is 5.95 Å². The number of tetrazole rings is 1. The molecule has 4 aromatic rings. The van der Waals surface area contributed by atoms with Gasteiger partial charge in [0.1, 0.15) is 24.1 Å². The molecule has 182 valence electrons. The zero-order chi connectivity index (χ0) is 25.1. The van der Waals surface area contributed by atoms with E-state index in [-0.39, 0.29) is 5.91 Å². The quantitative estimate of drug-likeness (QED) is 0.372. The molecule has 2 N–H and O–H groups in total. The summed E-state index contributed by atoms with van der Waals surface area (Å²) in [6, 6.07) is 21.7. The highest BCUT2D eigenvalue weighted by molar-refractivity contribution is 6.31. The number of benzene rings is 3. The Morgan fingerprint density at radius 1 is 1.08 bits per heavy atom. The summed E-state index contributed by atoms with van der Waals surface area (Å²) in [4.78, 5) is 13.5. The van der Waals surface area contributed by atoms with Crippen molar-refractivity contribution in [2.75, 3.05) is 17.7 Å². The highest BCUT2D eigenvalue weighted by Gasteiger charge is 2.34. The fourth-order valence-electron chi connectivity index (χ4n) is 4.08. The number of aromatic nitrogens is 4. The SMILES string of the molecule is COc1ccccc1NC(=O)C1=C(C)Nc2nnnn2[C@@H]1c1ccc(OCc2ccccc2Cl)cc1. The number of hydrogen-bond acceptors (Lipinski definition) is 7. The van der Waals surface area contributed by atoms with Gasteiger partial charge in [0.25, 0.3) is 5.91 Å². The Morgan fingerprint density at radius 3 is 2.61 bits per heavy atom. The lowest BCUT2D eigenvalue weighted by atomic mass is 9.95. The second-order valence-corrected chi connectivity index (χ2v) is 8.52. The van der Waals surface area contributed by atoms with Crippen LogP contribution < -0.4 is 20.1 Å². The van der Waals surface area contributed by atoms with E-state index in [1.807, 2.05) is 67.6 Å². The van der Waals surface area contributed by atoms with E-state index in [2.05, 4.69) is 26.2 Å². The lowest BCUT2D eigenvalue weighted by molar-refractivity contribution is -0.113. The average Bonchev–Trinajstić information content (AvgIpc) is 3.36. The standard InChI is InChI=1S/C26H23ClN6O3/c1-16-23(25(34)29-21-9-5-6-10-22(21)35-2)24(33-26(28-16)30-31-32-33)17-11-13-19(14-12-17)36-15-18-7-3-4-8-20(18)27/h3-14,24H,15H2,1-2H3,(H,29,34)(H,28,30,32)/t24-/m1/s1. The number of nitrogens with one attached hydrogen (secondary N) is 2. The largest absolute Gasteiger partial charge is 0.495 e. The van der Waals surface area contributed by atoms with Crippen molar-refractivity contribution in [2.24, 2.45) is 0 Å². The van der Waals surface area contributed by atoms with Crippen LogP contribution in [0.5, 0.6) is 11.5 Å². The fraction of sp³-hybridized carbons (Fsp3) is 0.154. The summed E-state index contributed by atoms with van der Waals surface area (Å²) in [6.07, 6.45) is 0. The molecule has 9 nitrogen and oxygen atoms in total. The molecule has 1 aliphatic rings. The number of hydrogen-bond donors (Lipinski definition) is 2. The number of carbonyl (C=O) groups is 1. The van der Waals surface area contributed by atoms with E-state index in [1.165, 1.54) is 0 Å². The smallest absolute Gasteiger partial charge is 0.255 e. The molecule has 1 amide bonds. The van der Waals surface area contributed by atoms with Crippen LogP contribution in [-0.4, -0.2) is 33.2 Å². The number of nitrogens with zero attached hydrogens (tertiary/aromatic N) is 4. The van der Waals surface area contributed by atoms with Crippen molar-refractivity contribution in [3.8, 4) is 11.5 Å². The summed E-state index contributed by atoms with van der Waals surface area (Å²) in [6.45, 7) is 2.17. The molecule has 0 bridgehead atoms. The van der Waals surface area contributed by atoms with Gasteiger partial charge in [-0.2, -0.15) is 4.68 Å². The fourth-order valence-corrected chi connectivity index (χ4v) is 4.27. The highest BCUT2D eigenvalue weighted by Crippen LogP contribution is 2.36. The Kier molecular flexibility index (Phi) is 6.55. The third-order valence-corrected chi connectivity index (χ3v) is 6.23. The topological polar surface area (TPSA) is 103 Å². The van der Waals surface area contributed by atoms with E-state index in [1.54, 1.807) is 23.9 Å².